The molecule has 1 heterocycles. The largest absolute Gasteiger partial charge is 0.465 e. The van der Waals surface area contributed by atoms with Crippen molar-refractivity contribution in [3.05, 3.63) is 39.9 Å². The highest BCUT2D eigenvalue weighted by Gasteiger charge is 2.18. The smallest absolute Gasteiger partial charge is 0.351 e. The Balaban J connectivity index is 2.27. The van der Waals surface area contributed by atoms with Crippen LogP contribution < -0.4 is 4.74 Å². The third-order valence-corrected chi connectivity index (χ3v) is 3.79. The second kappa shape index (κ2) is 6.04. The zero-order chi connectivity index (χ0) is 13.8. The molecular weight excluding hydrogens is 286 g/mol. The Morgan fingerprint density at radius 1 is 1.42 bits per heavy atom. The second-order valence-electron chi connectivity index (χ2n) is 3.65. The lowest BCUT2D eigenvalue weighted by Gasteiger charge is -2.06. The molecule has 0 saturated heterocycles. The monoisotopic (exact) mass is 297 g/mol. The predicted molar refractivity (Wildman–Crippen MR) is 74.4 cm³/mol. The molecule has 4 nitrogen and oxygen atoms in total. The average molecular weight is 298 g/mol. The Hall–Kier alpha value is -1.59. The maximum absolute atomic E-state index is 11.4. The summed E-state index contributed by atoms with van der Waals surface area (Å²) in [5.41, 5.74) is 1.06. The quantitative estimate of drug-likeness (QED) is 0.802. The predicted octanol–water partition coefficient (Wildman–Crippen LogP) is 3.94. The van der Waals surface area contributed by atoms with Gasteiger partial charge < -0.3 is 9.47 Å². The van der Waals surface area contributed by atoms with Crippen LogP contribution in [0.4, 0.5) is 0 Å². The molecule has 1 aromatic heterocycles. The Morgan fingerprint density at radius 3 is 2.84 bits per heavy atom. The number of benzene rings is 1. The summed E-state index contributed by atoms with van der Waals surface area (Å²) in [4.78, 5) is 15.7. The van der Waals surface area contributed by atoms with E-state index in [1.807, 2.05) is 31.2 Å². The van der Waals surface area contributed by atoms with Gasteiger partial charge in [-0.2, -0.15) is 4.98 Å². The molecule has 6 heteroatoms. The molecule has 0 aliphatic carbocycles. The Labute approximate surface area is 120 Å². The van der Waals surface area contributed by atoms with Crippen LogP contribution in [-0.2, 0) is 11.2 Å². The lowest BCUT2D eigenvalue weighted by molar-refractivity contribution is 0.0606. The van der Waals surface area contributed by atoms with Crippen LogP contribution in [0.25, 0.3) is 0 Å². The van der Waals surface area contributed by atoms with Crippen LogP contribution in [0.1, 0.15) is 22.2 Å². The van der Waals surface area contributed by atoms with Gasteiger partial charge in [0.05, 0.1) is 7.11 Å². The number of para-hydroxylation sites is 1. The topological polar surface area (TPSA) is 48.4 Å². The van der Waals surface area contributed by atoms with Gasteiger partial charge >= 0.3 is 5.97 Å². The molecule has 19 heavy (non-hydrogen) atoms. The van der Waals surface area contributed by atoms with E-state index in [0.29, 0.717) is 10.9 Å². The van der Waals surface area contributed by atoms with Gasteiger partial charge in [0.2, 0.25) is 0 Å². The molecule has 0 amide bonds. The lowest BCUT2D eigenvalue weighted by Crippen LogP contribution is -1.98. The molecule has 0 N–H and O–H groups in total. The first kappa shape index (κ1) is 13.8. The van der Waals surface area contributed by atoms with Crippen molar-refractivity contribution in [1.82, 2.24) is 4.98 Å². The number of aryl methyl sites for hydroxylation is 1. The molecule has 1 aromatic carbocycles. The van der Waals surface area contributed by atoms with Gasteiger partial charge in [-0.05, 0) is 18.1 Å². The number of halogens is 1. The minimum atomic E-state index is -0.513. The van der Waals surface area contributed by atoms with Crippen LogP contribution in [0.5, 0.6) is 10.9 Å². The highest BCUT2D eigenvalue weighted by atomic mass is 35.5. The number of carbonyl (C=O) groups excluding carboxylic acids is 1. The van der Waals surface area contributed by atoms with E-state index >= 15 is 0 Å². The van der Waals surface area contributed by atoms with Crippen molar-refractivity contribution < 1.29 is 14.3 Å². The summed E-state index contributed by atoms with van der Waals surface area (Å²) in [6.07, 6.45) is 0.846. The lowest BCUT2D eigenvalue weighted by atomic mass is 10.1. The third-order valence-electron chi connectivity index (χ3n) is 2.49. The van der Waals surface area contributed by atoms with Gasteiger partial charge in [-0.15, -0.1) is 0 Å². The van der Waals surface area contributed by atoms with Crippen molar-refractivity contribution >= 4 is 28.9 Å². The van der Waals surface area contributed by atoms with Crippen molar-refractivity contribution in [3.8, 4) is 10.9 Å². The van der Waals surface area contributed by atoms with E-state index in [1.165, 1.54) is 7.11 Å². The minimum absolute atomic E-state index is 0.0980. The molecule has 2 aromatic rings. The number of hydrogen-bond acceptors (Lipinski definition) is 5. The molecule has 0 bridgehead atoms. The first-order chi connectivity index (χ1) is 9.15. The number of rotatable bonds is 4. The Kier molecular flexibility index (Phi) is 4.39. The van der Waals surface area contributed by atoms with Crippen LogP contribution in [0.15, 0.2) is 24.3 Å². The SMILES string of the molecule is CCc1ccccc1Oc1nc(Cl)c(C(=O)OC)s1. The molecular formula is C13H12ClNO3S. The molecule has 2 rings (SSSR count). The number of carbonyl (C=O) groups is 1. The summed E-state index contributed by atoms with van der Waals surface area (Å²) >= 11 is 6.94. The number of hydrogen-bond donors (Lipinski definition) is 0. The van der Waals surface area contributed by atoms with Gasteiger partial charge in [0.15, 0.2) is 10.0 Å². The van der Waals surface area contributed by atoms with Crippen LogP contribution >= 0.6 is 22.9 Å². The molecule has 0 atom stereocenters. The summed E-state index contributed by atoms with van der Waals surface area (Å²) < 4.78 is 10.3. The Morgan fingerprint density at radius 2 is 2.16 bits per heavy atom. The fraction of sp³-hybridized carbons (Fsp3) is 0.231. The van der Waals surface area contributed by atoms with E-state index < -0.39 is 5.97 Å². The van der Waals surface area contributed by atoms with E-state index in [4.69, 9.17) is 16.3 Å². The summed E-state index contributed by atoms with van der Waals surface area (Å²) in [5, 5.41) is 0.423. The number of aromatic nitrogens is 1. The number of ether oxygens (including phenoxy) is 2. The van der Waals surface area contributed by atoms with Gasteiger partial charge in [-0.3, -0.25) is 0 Å². The van der Waals surface area contributed by atoms with Gasteiger partial charge in [-0.1, -0.05) is 48.1 Å². The van der Waals surface area contributed by atoms with Crippen molar-refractivity contribution in [3.63, 3.8) is 0 Å². The first-order valence-electron chi connectivity index (χ1n) is 5.66. The normalized spacial score (nSPS) is 10.3. The zero-order valence-electron chi connectivity index (χ0n) is 10.5. The van der Waals surface area contributed by atoms with Gasteiger partial charge in [0.25, 0.3) is 5.19 Å². The summed E-state index contributed by atoms with van der Waals surface area (Å²) in [6.45, 7) is 2.04. The van der Waals surface area contributed by atoms with E-state index in [0.717, 1.165) is 23.3 Å². The maximum Gasteiger partial charge on any atom is 0.351 e. The summed E-state index contributed by atoms with van der Waals surface area (Å²) in [5.74, 6) is 0.202. The zero-order valence-corrected chi connectivity index (χ0v) is 12.0. The van der Waals surface area contributed by atoms with Crippen molar-refractivity contribution in [2.45, 2.75) is 13.3 Å². The van der Waals surface area contributed by atoms with Crippen LogP contribution in [0, 0.1) is 0 Å². The van der Waals surface area contributed by atoms with Crippen LogP contribution in [-0.4, -0.2) is 18.1 Å². The third kappa shape index (κ3) is 3.05. The average Bonchev–Trinajstić information content (AvgIpc) is 2.79. The van der Waals surface area contributed by atoms with Crippen LogP contribution in [0.2, 0.25) is 5.15 Å². The molecule has 0 radical (unpaired) electrons. The van der Waals surface area contributed by atoms with E-state index in [-0.39, 0.29) is 10.0 Å². The number of thiazole rings is 1. The standard InChI is InChI=1S/C13H12ClNO3S/c1-3-8-6-4-5-7-9(8)18-13-15-11(14)10(19-13)12(16)17-2/h4-7H,3H2,1-2H3. The fourth-order valence-electron chi connectivity index (χ4n) is 1.53. The molecule has 0 unspecified atom stereocenters. The minimum Gasteiger partial charge on any atom is -0.465 e. The van der Waals surface area contributed by atoms with E-state index in [9.17, 15) is 4.79 Å². The molecule has 0 spiro atoms. The maximum atomic E-state index is 11.4. The summed E-state index contributed by atoms with van der Waals surface area (Å²) in [7, 11) is 1.30. The second-order valence-corrected chi connectivity index (χ2v) is 4.97. The van der Waals surface area contributed by atoms with Crippen LogP contribution in [0.3, 0.4) is 0 Å². The van der Waals surface area contributed by atoms with Gasteiger partial charge in [0.1, 0.15) is 5.75 Å². The van der Waals surface area contributed by atoms with Gasteiger partial charge in [-0.25, -0.2) is 4.79 Å². The number of methoxy groups -OCH3 is 1. The Bertz CT molecular complexity index is 597. The fourth-order valence-corrected chi connectivity index (χ4v) is 2.59. The van der Waals surface area contributed by atoms with Crippen molar-refractivity contribution in [2.75, 3.05) is 7.11 Å². The first-order valence-corrected chi connectivity index (χ1v) is 6.85. The van der Waals surface area contributed by atoms with E-state index in [2.05, 4.69) is 9.72 Å². The number of nitrogens with zero attached hydrogens (tertiary/aromatic N) is 1. The van der Waals surface area contributed by atoms with E-state index in [1.54, 1.807) is 0 Å². The highest BCUT2D eigenvalue weighted by Crippen LogP contribution is 2.33. The molecule has 0 aliphatic rings. The summed E-state index contributed by atoms with van der Waals surface area (Å²) in [6, 6.07) is 7.66. The highest BCUT2D eigenvalue weighted by molar-refractivity contribution is 7.15. The molecule has 0 aliphatic heterocycles. The van der Waals surface area contributed by atoms with Crippen molar-refractivity contribution in [2.24, 2.45) is 0 Å². The molecule has 100 valence electrons. The molecule has 0 fully saturated rings. The molecule has 0 saturated carbocycles. The number of esters is 1. The van der Waals surface area contributed by atoms with Gasteiger partial charge in [0, 0.05) is 0 Å². The van der Waals surface area contributed by atoms with Crippen molar-refractivity contribution in [1.29, 1.82) is 0 Å².